The van der Waals surface area contributed by atoms with Crippen molar-refractivity contribution in [3.8, 4) is 0 Å². The number of carbonyl (C=O) groups is 4. The molecule has 5 amide bonds. The van der Waals surface area contributed by atoms with E-state index < -0.39 is 65.8 Å². The van der Waals surface area contributed by atoms with Crippen molar-refractivity contribution in [2.45, 2.75) is 36.9 Å². The third-order valence-corrected chi connectivity index (χ3v) is 7.60. The van der Waals surface area contributed by atoms with Crippen molar-refractivity contribution in [3.05, 3.63) is 41.1 Å². The third kappa shape index (κ3) is 5.16. The number of alkyl carbamates (subject to hydrolysis) is 1. The number of amides is 5. The van der Waals surface area contributed by atoms with Crippen LogP contribution in [0.2, 0.25) is 0 Å². The number of likely N-dealkylation sites (tertiary alicyclic amines) is 1. The van der Waals surface area contributed by atoms with Gasteiger partial charge in [0.2, 0.25) is 11.8 Å². The molecule has 2 N–H and O–H groups in total. The molecule has 4 aliphatic rings. The maximum atomic E-state index is 14.8. The van der Waals surface area contributed by atoms with Crippen LogP contribution >= 0.6 is 0 Å². The summed E-state index contributed by atoms with van der Waals surface area (Å²) in [6, 6.07) is 1.44. The van der Waals surface area contributed by atoms with Crippen LogP contribution in [-0.2, 0) is 14.3 Å². The van der Waals surface area contributed by atoms with Crippen LogP contribution in [0.4, 0.5) is 37.2 Å². The molecular weight excluding hydrogens is 545 g/mol. The Morgan fingerprint density at radius 1 is 1.18 bits per heavy atom. The largest absolute Gasteiger partial charge is 0.449 e. The van der Waals surface area contributed by atoms with Crippen LogP contribution in [-0.4, -0.2) is 85.3 Å². The lowest BCUT2D eigenvalue weighted by atomic mass is 9.87. The van der Waals surface area contributed by atoms with Crippen molar-refractivity contribution in [3.63, 3.8) is 0 Å². The van der Waals surface area contributed by atoms with Crippen LogP contribution < -0.4 is 15.5 Å². The number of allylic oxidation sites excluding steroid dienone is 2. The predicted octanol–water partition coefficient (Wildman–Crippen LogP) is 2.60. The van der Waals surface area contributed by atoms with E-state index in [1.807, 2.05) is 16.7 Å². The second-order valence-electron chi connectivity index (χ2n) is 10.5. The molecule has 0 radical (unpaired) electrons. The molecule has 3 aliphatic heterocycles. The van der Waals surface area contributed by atoms with Gasteiger partial charge >= 0.3 is 18.3 Å². The van der Waals surface area contributed by atoms with Gasteiger partial charge in [-0.1, -0.05) is 6.08 Å². The number of anilines is 1. The molecule has 1 aromatic carbocycles. The summed E-state index contributed by atoms with van der Waals surface area (Å²) in [7, 11) is 1.65. The van der Waals surface area contributed by atoms with Gasteiger partial charge in [-0.05, 0) is 18.6 Å². The highest BCUT2D eigenvalue weighted by Gasteiger charge is 2.63. The van der Waals surface area contributed by atoms with Crippen LogP contribution in [0.25, 0.3) is 0 Å². The van der Waals surface area contributed by atoms with E-state index in [0.717, 1.165) is 29.2 Å². The zero-order chi connectivity index (χ0) is 29.0. The number of halogens is 5. The number of hydrogen-bond acceptors (Lipinski definition) is 6. The van der Waals surface area contributed by atoms with Gasteiger partial charge in [0, 0.05) is 55.8 Å². The van der Waals surface area contributed by atoms with Crippen molar-refractivity contribution in [2.24, 2.45) is 5.92 Å². The molecule has 0 saturated carbocycles. The highest BCUT2D eigenvalue weighted by Crippen LogP contribution is 2.41. The Morgan fingerprint density at radius 3 is 2.35 bits per heavy atom. The maximum Gasteiger partial charge on any atom is 0.415 e. The fraction of sp³-hybridized carbons (Fsp3) is 0.520. The Balaban J connectivity index is 1.16. The average molecular weight is 572 g/mol. The van der Waals surface area contributed by atoms with Crippen LogP contribution in [0.1, 0.15) is 30.7 Å². The van der Waals surface area contributed by atoms with E-state index in [9.17, 15) is 41.1 Å². The number of nitrogens with one attached hydrogen (secondary N) is 2. The Hall–Kier alpha value is -3.91. The highest BCUT2D eigenvalue weighted by atomic mass is 19.4. The molecule has 3 saturated heterocycles. The van der Waals surface area contributed by atoms with Gasteiger partial charge in [-0.2, -0.15) is 13.2 Å². The summed E-state index contributed by atoms with van der Waals surface area (Å²) in [6.45, 7) is -1.23. The summed E-state index contributed by atoms with van der Waals surface area (Å²) in [5.41, 5.74) is -2.56. The number of ether oxygens (including phenoxy) is 1. The van der Waals surface area contributed by atoms with Crippen LogP contribution in [0, 0.1) is 17.6 Å². The third-order valence-electron chi connectivity index (χ3n) is 7.60. The van der Waals surface area contributed by atoms with Gasteiger partial charge in [0.25, 0.3) is 0 Å². The number of nitrogens with zero attached hydrogens (tertiary/aromatic N) is 3. The Morgan fingerprint density at radius 2 is 1.80 bits per heavy atom. The Kier molecular flexibility index (Phi) is 6.86. The monoisotopic (exact) mass is 571 g/mol. The summed E-state index contributed by atoms with van der Waals surface area (Å²) in [4.78, 5) is 51.9. The van der Waals surface area contributed by atoms with Gasteiger partial charge in [0.05, 0.1) is 25.6 Å². The number of rotatable bonds is 6. The number of piperidine rings is 1. The molecule has 40 heavy (non-hydrogen) atoms. The molecule has 1 atom stereocenters. The summed E-state index contributed by atoms with van der Waals surface area (Å²) in [5, 5.41) is 3.86. The number of imide groups is 1. The van der Waals surface area contributed by atoms with Gasteiger partial charge in [0.1, 0.15) is 11.6 Å². The zero-order valence-corrected chi connectivity index (χ0v) is 21.3. The first-order chi connectivity index (χ1) is 18.8. The first-order valence-corrected chi connectivity index (χ1v) is 12.6. The number of urea groups is 1. The lowest BCUT2D eigenvalue weighted by molar-refractivity contribution is -0.201. The van der Waals surface area contributed by atoms with Gasteiger partial charge in [-0.15, -0.1) is 0 Å². The van der Waals surface area contributed by atoms with Crippen molar-refractivity contribution in [2.75, 3.05) is 44.7 Å². The summed E-state index contributed by atoms with van der Waals surface area (Å²) in [6.07, 6.45) is -3.76. The molecule has 1 unspecified atom stereocenters. The molecule has 3 heterocycles. The summed E-state index contributed by atoms with van der Waals surface area (Å²) < 4.78 is 76.5. The van der Waals surface area contributed by atoms with E-state index in [1.165, 1.54) is 9.80 Å². The number of benzene rings is 1. The topological polar surface area (TPSA) is 111 Å². The molecule has 0 spiro atoms. The maximum absolute atomic E-state index is 14.8. The summed E-state index contributed by atoms with van der Waals surface area (Å²) in [5.74, 6) is -5.14. The Bertz CT molecular complexity index is 1270. The minimum atomic E-state index is -4.89. The highest BCUT2D eigenvalue weighted by molar-refractivity contribution is 6.01. The molecule has 1 aromatic rings. The quantitative estimate of drug-likeness (QED) is 0.401. The van der Waals surface area contributed by atoms with Crippen molar-refractivity contribution in [1.29, 1.82) is 0 Å². The Labute approximate surface area is 225 Å². The number of hydrogen-bond donors (Lipinski definition) is 2. The van der Waals surface area contributed by atoms with Gasteiger partial charge in [-0.25, -0.2) is 18.4 Å². The molecule has 3 fully saturated rings. The molecule has 216 valence electrons. The normalized spacial score (nSPS) is 22.1. The lowest BCUT2D eigenvalue weighted by Gasteiger charge is -2.51. The second kappa shape index (κ2) is 9.93. The van der Waals surface area contributed by atoms with Crippen molar-refractivity contribution >= 4 is 29.6 Å². The van der Waals surface area contributed by atoms with E-state index in [2.05, 4.69) is 0 Å². The molecule has 0 aromatic heterocycles. The van der Waals surface area contributed by atoms with Crippen LogP contribution in [0.5, 0.6) is 0 Å². The van der Waals surface area contributed by atoms with Crippen molar-refractivity contribution < 1.29 is 45.9 Å². The predicted molar refractivity (Wildman–Crippen MR) is 128 cm³/mol. The van der Waals surface area contributed by atoms with Gasteiger partial charge in [0.15, 0.2) is 5.54 Å². The van der Waals surface area contributed by atoms with Gasteiger partial charge < -0.3 is 24.8 Å². The number of carbonyl (C=O) groups excluding carboxylic acids is 4. The van der Waals surface area contributed by atoms with Crippen LogP contribution in [0.3, 0.4) is 0 Å². The molecular formula is C25H26F5N5O5. The minimum absolute atomic E-state index is 0.102. The number of alkyl halides is 3. The summed E-state index contributed by atoms with van der Waals surface area (Å²) >= 11 is 0. The average Bonchev–Trinajstić information content (AvgIpc) is 3.65. The first-order valence-electron chi connectivity index (χ1n) is 12.6. The minimum Gasteiger partial charge on any atom is -0.449 e. The fourth-order valence-corrected chi connectivity index (χ4v) is 5.08. The zero-order valence-electron chi connectivity index (χ0n) is 21.3. The van der Waals surface area contributed by atoms with Crippen molar-refractivity contribution in [1.82, 2.24) is 20.4 Å². The SMILES string of the molecule is CN(C(=O)N1CC(COC(=O)NC2(C(F)(F)F)CN(c3cc(F)c(C4CCC(=O)NC4=O)c(F)c3)C2)C1)C1=CC1. The fourth-order valence-electron chi connectivity index (χ4n) is 5.08. The van der Waals surface area contributed by atoms with E-state index in [-0.39, 0.29) is 37.1 Å². The second-order valence-corrected chi connectivity index (χ2v) is 10.5. The smallest absolute Gasteiger partial charge is 0.415 e. The molecule has 15 heteroatoms. The molecule has 0 bridgehead atoms. The van der Waals surface area contributed by atoms with E-state index >= 15 is 0 Å². The first kappa shape index (κ1) is 27.6. The molecule has 10 nitrogen and oxygen atoms in total. The van der Waals surface area contributed by atoms with Crippen LogP contribution in [0.15, 0.2) is 23.9 Å². The molecule has 1 aliphatic carbocycles. The van der Waals surface area contributed by atoms with Gasteiger partial charge in [-0.3, -0.25) is 14.9 Å². The molecule has 5 rings (SSSR count). The van der Waals surface area contributed by atoms with E-state index in [1.54, 1.807) is 7.05 Å². The standard InChI is InChI=1S/C25H26F5N5O5/c1-33(14-2-3-14)23(39)34-8-13(9-34)10-40-22(38)32-24(25(28,29)30)11-35(12-24)15-6-17(26)20(18(27)7-15)16-4-5-19(36)31-21(16)37/h2,6-7,13,16H,3-5,8-12H2,1H3,(H,32,38)(H,31,36,37). The lowest BCUT2D eigenvalue weighted by Crippen LogP contribution is -2.77. The van der Waals surface area contributed by atoms with E-state index in [4.69, 9.17) is 4.74 Å². The van der Waals surface area contributed by atoms with E-state index in [0.29, 0.717) is 13.1 Å².